The summed E-state index contributed by atoms with van der Waals surface area (Å²) in [4.78, 5) is 12.1. The molecule has 1 aliphatic heterocycles. The van der Waals surface area contributed by atoms with Gasteiger partial charge in [-0.3, -0.25) is 0 Å². The van der Waals surface area contributed by atoms with Crippen LogP contribution >= 0.6 is 0 Å². The molecule has 0 spiro atoms. The van der Waals surface area contributed by atoms with Crippen LogP contribution in [0.25, 0.3) is 11.0 Å². The summed E-state index contributed by atoms with van der Waals surface area (Å²) in [6, 6.07) is 10.2. The van der Waals surface area contributed by atoms with E-state index >= 15 is 0 Å². The minimum atomic E-state index is 0.381. The zero-order valence-electron chi connectivity index (χ0n) is 21.8. The molecule has 0 unspecified atom stereocenters. The molecule has 2 aromatic heterocycles. The third-order valence-electron chi connectivity index (χ3n) is 6.83. The number of hydrogen-bond acceptors (Lipinski definition) is 5. The number of aryl methyl sites for hydroxylation is 1. The van der Waals surface area contributed by atoms with Crippen LogP contribution in [0.15, 0.2) is 36.5 Å². The molecule has 0 amide bonds. The van der Waals surface area contributed by atoms with E-state index in [1.165, 1.54) is 58.2 Å². The summed E-state index contributed by atoms with van der Waals surface area (Å²) in [6.07, 6.45) is 13.6. The Balaban J connectivity index is 1.44. The zero-order chi connectivity index (χ0) is 25.0. The largest absolute Gasteiger partial charge is 0.382 e. The average molecular weight is 488 g/mol. The number of nitrogens with two attached hydrogens (primary N) is 1. The Morgan fingerprint density at radius 3 is 2.64 bits per heavy atom. The molecule has 6 heteroatoms. The molecule has 6 nitrogen and oxygen atoms in total. The third kappa shape index (κ3) is 7.56. The molecule has 1 saturated heterocycles. The van der Waals surface area contributed by atoms with Gasteiger partial charge in [0.15, 0.2) is 5.82 Å². The van der Waals surface area contributed by atoms with E-state index in [4.69, 9.17) is 15.5 Å². The lowest BCUT2D eigenvalue weighted by molar-refractivity contribution is 0.0668. The molecule has 1 aliphatic rings. The van der Waals surface area contributed by atoms with Crippen LogP contribution in [0.3, 0.4) is 0 Å². The molecule has 0 bridgehead atoms. The van der Waals surface area contributed by atoms with E-state index in [1.54, 1.807) is 0 Å². The normalized spacial score (nSPS) is 14.1. The van der Waals surface area contributed by atoms with Gasteiger partial charge in [0, 0.05) is 19.0 Å². The van der Waals surface area contributed by atoms with E-state index in [9.17, 15) is 0 Å². The van der Waals surface area contributed by atoms with Gasteiger partial charge in [-0.05, 0) is 57.3 Å². The van der Waals surface area contributed by atoms with E-state index in [1.807, 2.05) is 29.0 Å². The van der Waals surface area contributed by atoms with Crippen molar-refractivity contribution in [1.82, 2.24) is 19.4 Å². The van der Waals surface area contributed by atoms with Gasteiger partial charge in [-0.15, -0.1) is 0 Å². The molecule has 3 aromatic rings. The van der Waals surface area contributed by atoms with Crippen LogP contribution in [0.2, 0.25) is 0 Å². The van der Waals surface area contributed by atoms with Gasteiger partial charge in [0.2, 0.25) is 0 Å². The van der Waals surface area contributed by atoms with Gasteiger partial charge in [0.25, 0.3) is 0 Å². The quantitative estimate of drug-likeness (QED) is 0.253. The molecule has 192 valence electrons. The predicted octanol–water partition coefficient (Wildman–Crippen LogP) is 5.93. The monoisotopic (exact) mass is 487 g/mol. The first-order valence-electron chi connectivity index (χ1n) is 13.7. The Kier molecular flexibility index (Phi) is 10.2. The van der Waals surface area contributed by atoms with Crippen LogP contribution < -0.4 is 5.73 Å². The van der Waals surface area contributed by atoms with Crippen molar-refractivity contribution in [2.75, 3.05) is 25.4 Å². The Labute approximate surface area is 216 Å². The van der Waals surface area contributed by atoms with Crippen molar-refractivity contribution in [1.29, 1.82) is 0 Å². The van der Waals surface area contributed by atoms with Gasteiger partial charge in [-0.1, -0.05) is 68.4 Å². The number of benzene rings is 1. The van der Waals surface area contributed by atoms with Crippen molar-refractivity contribution in [2.45, 2.75) is 84.5 Å². The molecule has 1 aromatic carbocycles. The third-order valence-corrected chi connectivity index (χ3v) is 6.83. The van der Waals surface area contributed by atoms with Crippen LogP contribution in [-0.4, -0.2) is 39.1 Å². The molecular weight excluding hydrogens is 446 g/mol. The number of hydrogen-bond donors (Lipinski definition) is 1. The van der Waals surface area contributed by atoms with Crippen molar-refractivity contribution in [3.05, 3.63) is 53.5 Å². The van der Waals surface area contributed by atoms with Gasteiger partial charge >= 0.3 is 0 Å². The zero-order valence-corrected chi connectivity index (χ0v) is 21.8. The van der Waals surface area contributed by atoms with Gasteiger partial charge in [-0.25, -0.2) is 9.97 Å². The molecule has 0 aliphatic carbocycles. The van der Waals surface area contributed by atoms with Crippen molar-refractivity contribution in [2.24, 2.45) is 0 Å². The fraction of sp³-hybridized carbons (Fsp3) is 0.533. The van der Waals surface area contributed by atoms with Gasteiger partial charge in [-0.2, -0.15) is 0 Å². The first-order valence-corrected chi connectivity index (χ1v) is 13.7. The van der Waals surface area contributed by atoms with E-state index in [0.717, 1.165) is 53.7 Å². The molecule has 1 fully saturated rings. The fourth-order valence-corrected chi connectivity index (χ4v) is 4.84. The lowest BCUT2D eigenvalue weighted by Crippen LogP contribution is -2.30. The highest BCUT2D eigenvalue weighted by Gasteiger charge is 2.15. The number of anilines is 1. The first kappa shape index (κ1) is 26.2. The maximum atomic E-state index is 6.44. The molecule has 4 rings (SSSR count). The summed E-state index contributed by atoms with van der Waals surface area (Å²) in [5.74, 6) is 8.10. The molecule has 0 radical (unpaired) electrons. The summed E-state index contributed by atoms with van der Waals surface area (Å²) in [7, 11) is 0. The molecule has 3 heterocycles. The lowest BCUT2D eigenvalue weighted by atomic mass is 10.1. The highest BCUT2D eigenvalue weighted by Crippen LogP contribution is 2.24. The average Bonchev–Trinajstić information content (AvgIpc) is 3.25. The fourth-order valence-electron chi connectivity index (χ4n) is 4.84. The van der Waals surface area contributed by atoms with Crippen LogP contribution in [0.1, 0.15) is 81.7 Å². The number of aromatic nitrogens is 3. The summed E-state index contributed by atoms with van der Waals surface area (Å²) >= 11 is 0. The van der Waals surface area contributed by atoms with Crippen LogP contribution in [0.5, 0.6) is 0 Å². The minimum Gasteiger partial charge on any atom is -0.382 e. The molecular formula is C30H41N5O. The second kappa shape index (κ2) is 14.0. The van der Waals surface area contributed by atoms with Crippen LogP contribution in [-0.2, 0) is 24.5 Å². The van der Waals surface area contributed by atoms with E-state index < -0.39 is 0 Å². The number of unbranched alkanes of at least 4 members (excludes halogenated alkanes) is 4. The molecule has 0 saturated carbocycles. The van der Waals surface area contributed by atoms with E-state index in [2.05, 4.69) is 40.8 Å². The van der Waals surface area contributed by atoms with Gasteiger partial charge in [0.05, 0.1) is 12.2 Å². The Bertz CT molecular complexity index is 1140. The summed E-state index contributed by atoms with van der Waals surface area (Å²) in [5, 5.41) is 0. The number of nitrogen functional groups attached to an aromatic ring is 1. The Morgan fingerprint density at radius 1 is 1.00 bits per heavy atom. The molecule has 36 heavy (non-hydrogen) atoms. The number of likely N-dealkylation sites (tertiary alicyclic amines) is 1. The number of piperidine rings is 1. The lowest BCUT2D eigenvalue weighted by Gasteiger charge is -2.26. The highest BCUT2D eigenvalue weighted by molar-refractivity contribution is 5.90. The first-order chi connectivity index (χ1) is 17.7. The number of ether oxygens (including phenoxy) is 1. The maximum absolute atomic E-state index is 6.44. The number of fused-ring (bicyclic) bond motifs is 1. The van der Waals surface area contributed by atoms with Crippen molar-refractivity contribution < 1.29 is 4.74 Å². The smallest absolute Gasteiger partial charge is 0.151 e. The van der Waals surface area contributed by atoms with Crippen LogP contribution in [0, 0.1) is 11.8 Å². The van der Waals surface area contributed by atoms with E-state index in [-0.39, 0.29) is 0 Å². The topological polar surface area (TPSA) is 69.2 Å². The summed E-state index contributed by atoms with van der Waals surface area (Å²) < 4.78 is 8.01. The van der Waals surface area contributed by atoms with Gasteiger partial charge < -0.3 is 19.9 Å². The minimum absolute atomic E-state index is 0.381. The van der Waals surface area contributed by atoms with E-state index in [0.29, 0.717) is 19.2 Å². The standard InChI is InChI=1S/C30H41N5O/c1-2-3-8-18-27-32-28-26(17-11-4-5-12-19-34-20-13-7-14-21-34)22-35(29(28)30(31)33-27)24-36-23-25-15-9-6-10-16-25/h6,9-10,15-16,22H,2-5,7-8,12-14,18-21,23-24H2,1H3,(H2,31,32,33). The maximum Gasteiger partial charge on any atom is 0.151 e. The van der Waals surface area contributed by atoms with Crippen molar-refractivity contribution in [3.63, 3.8) is 0 Å². The summed E-state index contributed by atoms with van der Waals surface area (Å²) in [5.41, 5.74) is 10.2. The van der Waals surface area contributed by atoms with Crippen molar-refractivity contribution >= 4 is 16.9 Å². The van der Waals surface area contributed by atoms with Crippen LogP contribution in [0.4, 0.5) is 5.82 Å². The SMILES string of the molecule is CCCCCc1nc(N)c2c(n1)c(C#CCCCCN1CCCCC1)cn2COCc1ccccc1. The number of nitrogens with zero attached hydrogens (tertiary/aromatic N) is 4. The Hall–Kier alpha value is -2.88. The highest BCUT2D eigenvalue weighted by atomic mass is 16.5. The number of rotatable bonds is 12. The molecule has 0 atom stereocenters. The predicted molar refractivity (Wildman–Crippen MR) is 147 cm³/mol. The second-order valence-corrected chi connectivity index (χ2v) is 9.82. The molecule has 2 N–H and O–H groups in total. The van der Waals surface area contributed by atoms with Crippen molar-refractivity contribution in [3.8, 4) is 11.8 Å². The second-order valence-electron chi connectivity index (χ2n) is 9.82. The van der Waals surface area contributed by atoms with Gasteiger partial charge in [0.1, 0.15) is 23.6 Å². The Morgan fingerprint density at radius 2 is 1.83 bits per heavy atom. The summed E-state index contributed by atoms with van der Waals surface area (Å²) in [6.45, 7) is 6.84.